The van der Waals surface area contributed by atoms with E-state index in [9.17, 15) is 9.59 Å². The zero-order chi connectivity index (χ0) is 23.9. The number of unbranched alkanes of at least 4 members (excludes halogenated alkanes) is 4. The number of carbonyl (C=O) groups excluding carboxylic acids is 2. The third-order valence-electron chi connectivity index (χ3n) is 4.97. The molecule has 0 aromatic heterocycles. The molecular weight excluding hydrogens is 418 g/mol. The number of hydrogen-bond donors (Lipinski definition) is 1. The van der Waals surface area contributed by atoms with Gasteiger partial charge in [-0.3, -0.25) is 4.79 Å². The maximum absolute atomic E-state index is 12.4. The van der Waals surface area contributed by atoms with Gasteiger partial charge in [0.2, 0.25) is 5.91 Å². The molecule has 6 heteroatoms. The van der Waals surface area contributed by atoms with Crippen molar-refractivity contribution in [3.05, 3.63) is 59.7 Å². The summed E-state index contributed by atoms with van der Waals surface area (Å²) in [6.45, 7) is 5.25. The summed E-state index contributed by atoms with van der Waals surface area (Å²) in [5.74, 6) is 0.622. The van der Waals surface area contributed by atoms with E-state index < -0.39 is 5.97 Å². The molecule has 0 radical (unpaired) electrons. The molecule has 178 valence electrons. The first-order chi connectivity index (χ1) is 16.1. The second-order valence-electron chi connectivity index (χ2n) is 7.71. The highest BCUT2D eigenvalue weighted by atomic mass is 16.5. The fourth-order valence-corrected chi connectivity index (χ4v) is 3.09. The molecule has 0 saturated carbocycles. The summed E-state index contributed by atoms with van der Waals surface area (Å²) < 4.78 is 16.5. The monoisotopic (exact) mass is 453 g/mol. The van der Waals surface area contributed by atoms with Gasteiger partial charge in [0, 0.05) is 11.8 Å². The molecule has 2 rings (SSSR count). The lowest BCUT2D eigenvalue weighted by Gasteiger charge is -2.11. The van der Waals surface area contributed by atoms with Crippen LogP contribution in [-0.2, 0) is 9.53 Å². The maximum Gasteiger partial charge on any atom is 0.338 e. The highest BCUT2D eigenvalue weighted by molar-refractivity contribution is 6.02. The number of benzene rings is 2. The largest absolute Gasteiger partial charge is 0.493 e. The summed E-state index contributed by atoms with van der Waals surface area (Å²) in [4.78, 5) is 24.5. The van der Waals surface area contributed by atoms with Crippen molar-refractivity contribution in [3.63, 3.8) is 0 Å². The van der Waals surface area contributed by atoms with Crippen molar-refractivity contribution < 1.29 is 23.8 Å². The topological polar surface area (TPSA) is 73.9 Å². The Morgan fingerprint density at radius 2 is 1.73 bits per heavy atom. The van der Waals surface area contributed by atoms with Gasteiger partial charge in [-0.1, -0.05) is 51.7 Å². The van der Waals surface area contributed by atoms with Crippen LogP contribution in [0.5, 0.6) is 11.5 Å². The minimum absolute atomic E-state index is 0.304. The second kappa shape index (κ2) is 14.7. The van der Waals surface area contributed by atoms with E-state index in [1.807, 2.05) is 25.1 Å². The third kappa shape index (κ3) is 9.39. The Morgan fingerprint density at radius 1 is 0.909 bits per heavy atom. The molecule has 0 aliphatic rings. The molecule has 2 aromatic rings. The lowest BCUT2D eigenvalue weighted by molar-refractivity contribution is -0.111. The van der Waals surface area contributed by atoms with Crippen LogP contribution in [0.4, 0.5) is 5.69 Å². The summed E-state index contributed by atoms with van der Waals surface area (Å²) >= 11 is 0. The normalized spacial score (nSPS) is 10.8. The Labute approximate surface area is 196 Å². The molecule has 0 aliphatic carbocycles. The van der Waals surface area contributed by atoms with Gasteiger partial charge in [-0.2, -0.15) is 0 Å². The van der Waals surface area contributed by atoms with Gasteiger partial charge in [0.1, 0.15) is 0 Å². The molecule has 1 N–H and O–H groups in total. The predicted octanol–water partition coefficient (Wildman–Crippen LogP) is 6.26. The number of carbonyl (C=O) groups is 2. The van der Waals surface area contributed by atoms with E-state index in [1.165, 1.54) is 18.9 Å². The summed E-state index contributed by atoms with van der Waals surface area (Å²) in [7, 11) is 1.60. The quantitative estimate of drug-likeness (QED) is 0.207. The van der Waals surface area contributed by atoms with Crippen LogP contribution in [-0.4, -0.2) is 32.2 Å². The SMILES string of the molecule is CCCCCCOc1ccc(/C=C/C(=O)Nc2cccc(C(=O)OCCCC)c2)cc1OC. The smallest absolute Gasteiger partial charge is 0.338 e. The Kier molecular flexibility index (Phi) is 11.6. The molecule has 0 bridgehead atoms. The lowest BCUT2D eigenvalue weighted by Crippen LogP contribution is -2.10. The minimum atomic E-state index is -0.394. The average Bonchev–Trinajstić information content (AvgIpc) is 2.83. The van der Waals surface area contributed by atoms with Crippen LogP contribution < -0.4 is 14.8 Å². The summed E-state index contributed by atoms with van der Waals surface area (Å²) in [6, 6.07) is 12.3. The van der Waals surface area contributed by atoms with Crippen LogP contribution in [0.15, 0.2) is 48.5 Å². The van der Waals surface area contributed by atoms with E-state index >= 15 is 0 Å². The standard InChI is InChI=1S/C27H35NO5/c1-4-6-8-9-18-32-24-15-13-21(19-25(24)31-3)14-16-26(29)28-23-12-10-11-22(20-23)27(30)33-17-7-5-2/h10-16,19-20H,4-9,17-18H2,1-3H3,(H,28,29)/b16-14+. The fourth-order valence-electron chi connectivity index (χ4n) is 3.09. The van der Waals surface area contributed by atoms with Crippen LogP contribution in [0.2, 0.25) is 0 Å². The Morgan fingerprint density at radius 3 is 2.48 bits per heavy atom. The highest BCUT2D eigenvalue weighted by Gasteiger charge is 2.09. The van der Waals surface area contributed by atoms with E-state index in [-0.39, 0.29) is 5.91 Å². The summed E-state index contributed by atoms with van der Waals surface area (Å²) in [5.41, 5.74) is 1.75. The number of ether oxygens (including phenoxy) is 3. The van der Waals surface area contributed by atoms with Crippen LogP contribution in [0.3, 0.4) is 0 Å². The van der Waals surface area contributed by atoms with Crippen molar-refractivity contribution in [2.45, 2.75) is 52.4 Å². The summed E-state index contributed by atoms with van der Waals surface area (Å²) in [6.07, 6.45) is 9.47. The molecule has 0 aliphatic heterocycles. The van der Waals surface area contributed by atoms with Crippen LogP contribution in [0.25, 0.3) is 6.08 Å². The zero-order valence-corrected chi connectivity index (χ0v) is 19.9. The van der Waals surface area contributed by atoms with Crippen molar-refractivity contribution in [1.29, 1.82) is 0 Å². The molecule has 1 amide bonds. The van der Waals surface area contributed by atoms with Crippen molar-refractivity contribution in [2.75, 3.05) is 25.6 Å². The number of hydrogen-bond acceptors (Lipinski definition) is 5. The Bertz CT molecular complexity index is 922. The first kappa shape index (κ1) is 26.0. The van der Waals surface area contributed by atoms with E-state index in [2.05, 4.69) is 12.2 Å². The van der Waals surface area contributed by atoms with Gasteiger partial charge >= 0.3 is 5.97 Å². The molecule has 6 nitrogen and oxygen atoms in total. The first-order valence-corrected chi connectivity index (χ1v) is 11.6. The van der Waals surface area contributed by atoms with E-state index in [4.69, 9.17) is 14.2 Å². The van der Waals surface area contributed by atoms with Gasteiger partial charge < -0.3 is 19.5 Å². The number of methoxy groups -OCH3 is 1. The van der Waals surface area contributed by atoms with Gasteiger partial charge in [0.15, 0.2) is 11.5 Å². The Balaban J connectivity index is 1.93. The molecule has 2 aromatic carbocycles. The fraction of sp³-hybridized carbons (Fsp3) is 0.407. The number of anilines is 1. The maximum atomic E-state index is 12.4. The van der Waals surface area contributed by atoms with Crippen molar-refractivity contribution in [2.24, 2.45) is 0 Å². The minimum Gasteiger partial charge on any atom is -0.493 e. The average molecular weight is 454 g/mol. The van der Waals surface area contributed by atoms with Crippen molar-refractivity contribution >= 4 is 23.6 Å². The van der Waals surface area contributed by atoms with E-state index in [0.29, 0.717) is 36.0 Å². The molecule has 0 saturated heterocycles. The molecule has 33 heavy (non-hydrogen) atoms. The molecule has 0 unspecified atom stereocenters. The number of esters is 1. The first-order valence-electron chi connectivity index (χ1n) is 11.6. The van der Waals surface area contributed by atoms with Gasteiger partial charge in [-0.25, -0.2) is 4.79 Å². The number of amides is 1. The van der Waals surface area contributed by atoms with Gasteiger partial charge in [0.05, 0.1) is 25.9 Å². The number of nitrogens with one attached hydrogen (secondary N) is 1. The van der Waals surface area contributed by atoms with Crippen LogP contribution in [0.1, 0.15) is 68.3 Å². The predicted molar refractivity (Wildman–Crippen MR) is 132 cm³/mol. The second-order valence-corrected chi connectivity index (χ2v) is 7.71. The molecule has 0 atom stereocenters. The molecule has 0 spiro atoms. The van der Waals surface area contributed by atoms with Crippen LogP contribution >= 0.6 is 0 Å². The highest BCUT2D eigenvalue weighted by Crippen LogP contribution is 2.29. The van der Waals surface area contributed by atoms with Crippen LogP contribution in [0, 0.1) is 0 Å². The summed E-state index contributed by atoms with van der Waals surface area (Å²) in [5, 5.41) is 2.77. The van der Waals surface area contributed by atoms with Crippen molar-refractivity contribution in [1.82, 2.24) is 0 Å². The number of rotatable bonds is 14. The van der Waals surface area contributed by atoms with Gasteiger partial charge in [-0.15, -0.1) is 0 Å². The molecule has 0 heterocycles. The van der Waals surface area contributed by atoms with Gasteiger partial charge in [-0.05, 0) is 54.8 Å². The third-order valence-corrected chi connectivity index (χ3v) is 4.97. The van der Waals surface area contributed by atoms with E-state index in [0.717, 1.165) is 31.2 Å². The lowest BCUT2D eigenvalue weighted by atomic mass is 10.1. The molecular formula is C27H35NO5. The van der Waals surface area contributed by atoms with E-state index in [1.54, 1.807) is 37.5 Å². The Hall–Kier alpha value is -3.28. The van der Waals surface area contributed by atoms with Crippen molar-refractivity contribution in [3.8, 4) is 11.5 Å². The van der Waals surface area contributed by atoms with Gasteiger partial charge in [0.25, 0.3) is 0 Å². The molecule has 0 fully saturated rings. The zero-order valence-electron chi connectivity index (χ0n) is 19.9.